The van der Waals surface area contributed by atoms with Crippen LogP contribution in [0.4, 0.5) is 11.5 Å². The van der Waals surface area contributed by atoms with Crippen LogP contribution in [0.15, 0.2) is 66.9 Å². The van der Waals surface area contributed by atoms with Crippen LogP contribution in [0.5, 0.6) is 0 Å². The number of para-hydroxylation sites is 1. The number of rotatable bonds is 4. The molecule has 2 aromatic carbocycles. The number of aryl methyl sites for hydroxylation is 1. The minimum atomic E-state index is -0.159. The van der Waals surface area contributed by atoms with Gasteiger partial charge in [0.25, 0.3) is 5.91 Å². The largest absolute Gasteiger partial charge is 0.348 e. The monoisotopic (exact) mass is 377 g/mol. The van der Waals surface area contributed by atoms with Gasteiger partial charge in [0.05, 0.1) is 5.56 Å². The van der Waals surface area contributed by atoms with E-state index < -0.39 is 0 Å². The molecule has 27 heavy (non-hydrogen) atoms. The molecule has 136 valence electrons. The van der Waals surface area contributed by atoms with E-state index in [0.29, 0.717) is 17.1 Å². The number of nitrogens with one attached hydrogen (secondary N) is 1. The Morgan fingerprint density at radius 2 is 1.89 bits per heavy atom. The number of fused-ring (bicyclic) bond motifs is 1. The standard InChI is InChI=1S/C22H20ClN3O/c23-19-9-3-1-7-17(19)14-25-22(27)18-11-12-21(24-15-18)26-13-5-8-16-6-2-4-10-20(16)26/h1-4,6-7,9-12,15H,5,8,13-14H2,(H,25,27). The summed E-state index contributed by atoms with van der Waals surface area (Å²) in [5, 5.41) is 3.54. The minimum Gasteiger partial charge on any atom is -0.348 e. The van der Waals surface area contributed by atoms with Gasteiger partial charge >= 0.3 is 0 Å². The smallest absolute Gasteiger partial charge is 0.253 e. The molecule has 2 heterocycles. The lowest BCUT2D eigenvalue weighted by atomic mass is 10.0. The molecule has 0 unspecified atom stereocenters. The minimum absolute atomic E-state index is 0.159. The van der Waals surface area contributed by atoms with Crippen molar-refractivity contribution < 1.29 is 4.79 Å². The van der Waals surface area contributed by atoms with Crippen molar-refractivity contribution in [3.05, 3.63) is 88.6 Å². The molecule has 1 amide bonds. The number of hydrogen-bond acceptors (Lipinski definition) is 3. The van der Waals surface area contributed by atoms with Crippen molar-refractivity contribution in [3.8, 4) is 0 Å². The van der Waals surface area contributed by atoms with Gasteiger partial charge in [-0.15, -0.1) is 0 Å². The first-order valence-electron chi connectivity index (χ1n) is 9.05. The Balaban J connectivity index is 1.46. The summed E-state index contributed by atoms with van der Waals surface area (Å²) in [6.07, 6.45) is 3.82. The molecule has 0 fully saturated rings. The predicted molar refractivity (Wildman–Crippen MR) is 109 cm³/mol. The maximum Gasteiger partial charge on any atom is 0.253 e. The fraction of sp³-hybridized carbons (Fsp3) is 0.182. The van der Waals surface area contributed by atoms with Gasteiger partial charge in [-0.25, -0.2) is 4.98 Å². The molecule has 4 nitrogen and oxygen atoms in total. The van der Waals surface area contributed by atoms with Crippen LogP contribution in [0, 0.1) is 0 Å². The summed E-state index contributed by atoms with van der Waals surface area (Å²) in [6.45, 7) is 1.32. The van der Waals surface area contributed by atoms with E-state index >= 15 is 0 Å². The zero-order chi connectivity index (χ0) is 18.6. The second-order valence-corrected chi connectivity index (χ2v) is 6.97. The lowest BCUT2D eigenvalue weighted by molar-refractivity contribution is 0.0950. The quantitative estimate of drug-likeness (QED) is 0.713. The van der Waals surface area contributed by atoms with E-state index in [-0.39, 0.29) is 5.91 Å². The Hall–Kier alpha value is -2.85. The molecule has 3 aromatic rings. The van der Waals surface area contributed by atoms with Gasteiger partial charge in [-0.05, 0) is 48.2 Å². The van der Waals surface area contributed by atoms with Gasteiger partial charge < -0.3 is 10.2 Å². The Morgan fingerprint density at radius 1 is 1.07 bits per heavy atom. The summed E-state index contributed by atoms with van der Waals surface area (Å²) in [4.78, 5) is 19.2. The molecule has 0 aliphatic carbocycles. The summed E-state index contributed by atoms with van der Waals surface area (Å²) in [5.74, 6) is 0.706. The Bertz CT molecular complexity index is 956. The van der Waals surface area contributed by atoms with Gasteiger partial charge in [-0.3, -0.25) is 4.79 Å². The van der Waals surface area contributed by atoms with Gasteiger partial charge in [0.2, 0.25) is 0 Å². The van der Waals surface area contributed by atoms with Crippen molar-refractivity contribution in [2.45, 2.75) is 19.4 Å². The lowest BCUT2D eigenvalue weighted by Gasteiger charge is -2.30. The summed E-state index contributed by atoms with van der Waals surface area (Å²) >= 11 is 6.13. The van der Waals surface area contributed by atoms with Crippen LogP contribution in [-0.4, -0.2) is 17.4 Å². The lowest BCUT2D eigenvalue weighted by Crippen LogP contribution is -2.26. The topological polar surface area (TPSA) is 45.2 Å². The average Bonchev–Trinajstić information content (AvgIpc) is 2.73. The second kappa shape index (κ2) is 7.80. The van der Waals surface area contributed by atoms with Gasteiger partial charge in [0.1, 0.15) is 5.82 Å². The first-order chi connectivity index (χ1) is 13.2. The summed E-state index contributed by atoms with van der Waals surface area (Å²) < 4.78 is 0. The second-order valence-electron chi connectivity index (χ2n) is 6.56. The summed E-state index contributed by atoms with van der Waals surface area (Å²) in [6, 6.07) is 19.6. The van der Waals surface area contributed by atoms with E-state index in [9.17, 15) is 4.79 Å². The fourth-order valence-electron chi connectivity index (χ4n) is 3.37. The maximum absolute atomic E-state index is 12.4. The third-order valence-corrected chi connectivity index (χ3v) is 5.16. The molecule has 1 N–H and O–H groups in total. The van der Waals surface area contributed by atoms with Crippen molar-refractivity contribution >= 4 is 29.0 Å². The van der Waals surface area contributed by atoms with Crippen LogP contribution in [0.1, 0.15) is 27.9 Å². The van der Waals surface area contributed by atoms with Crippen molar-refractivity contribution in [2.75, 3.05) is 11.4 Å². The van der Waals surface area contributed by atoms with Crippen LogP contribution < -0.4 is 10.2 Å². The summed E-state index contributed by atoms with van der Waals surface area (Å²) in [5.41, 5.74) is 3.97. The number of aromatic nitrogens is 1. The van der Waals surface area contributed by atoms with Gasteiger partial charge in [-0.1, -0.05) is 48.0 Å². The van der Waals surface area contributed by atoms with E-state index in [1.165, 1.54) is 11.3 Å². The molecule has 0 saturated carbocycles. The first kappa shape index (κ1) is 17.6. The zero-order valence-electron chi connectivity index (χ0n) is 14.9. The number of benzene rings is 2. The van der Waals surface area contributed by atoms with Crippen molar-refractivity contribution in [1.82, 2.24) is 10.3 Å². The molecule has 0 spiro atoms. The van der Waals surface area contributed by atoms with Crippen LogP contribution in [0.25, 0.3) is 0 Å². The fourth-order valence-corrected chi connectivity index (χ4v) is 3.57. The normalized spacial score (nSPS) is 13.1. The number of nitrogens with zero attached hydrogens (tertiary/aromatic N) is 2. The highest BCUT2D eigenvalue weighted by Gasteiger charge is 2.19. The number of halogens is 1. The van der Waals surface area contributed by atoms with Crippen LogP contribution in [0.2, 0.25) is 5.02 Å². The zero-order valence-corrected chi connectivity index (χ0v) is 15.6. The van der Waals surface area contributed by atoms with E-state index in [4.69, 9.17) is 11.6 Å². The first-order valence-corrected chi connectivity index (χ1v) is 9.43. The van der Waals surface area contributed by atoms with E-state index in [0.717, 1.165) is 30.8 Å². The Morgan fingerprint density at radius 3 is 2.70 bits per heavy atom. The SMILES string of the molecule is O=C(NCc1ccccc1Cl)c1ccc(N2CCCc3ccccc32)nc1. The van der Waals surface area contributed by atoms with Crippen LogP contribution >= 0.6 is 11.6 Å². The molecule has 0 atom stereocenters. The molecular weight excluding hydrogens is 358 g/mol. The number of anilines is 2. The number of pyridine rings is 1. The Labute approximate surface area is 163 Å². The third kappa shape index (κ3) is 3.81. The highest BCUT2D eigenvalue weighted by Crippen LogP contribution is 2.32. The molecule has 1 aliphatic rings. The molecular formula is C22H20ClN3O. The molecule has 5 heteroatoms. The third-order valence-electron chi connectivity index (χ3n) is 4.79. The van der Waals surface area contributed by atoms with Crippen LogP contribution in [0.3, 0.4) is 0 Å². The number of amides is 1. The molecule has 0 saturated heterocycles. The van der Waals surface area contributed by atoms with Crippen molar-refractivity contribution in [2.24, 2.45) is 0 Å². The highest BCUT2D eigenvalue weighted by atomic mass is 35.5. The van der Waals surface area contributed by atoms with Crippen LogP contribution in [-0.2, 0) is 13.0 Å². The van der Waals surface area contributed by atoms with Gasteiger partial charge in [-0.2, -0.15) is 0 Å². The molecule has 4 rings (SSSR count). The van der Waals surface area contributed by atoms with E-state index in [2.05, 4.69) is 33.4 Å². The van der Waals surface area contributed by atoms with Gasteiger partial charge in [0, 0.05) is 30.0 Å². The average molecular weight is 378 g/mol. The van der Waals surface area contributed by atoms with E-state index in [1.807, 2.05) is 42.5 Å². The summed E-state index contributed by atoms with van der Waals surface area (Å²) in [7, 11) is 0. The molecule has 0 bridgehead atoms. The Kier molecular flexibility index (Phi) is 5.07. The highest BCUT2D eigenvalue weighted by molar-refractivity contribution is 6.31. The molecule has 1 aliphatic heterocycles. The maximum atomic E-state index is 12.4. The van der Waals surface area contributed by atoms with Crippen molar-refractivity contribution in [3.63, 3.8) is 0 Å². The van der Waals surface area contributed by atoms with E-state index in [1.54, 1.807) is 6.20 Å². The molecule has 0 radical (unpaired) electrons. The predicted octanol–water partition coefficient (Wildman–Crippen LogP) is 4.75. The van der Waals surface area contributed by atoms with Crippen molar-refractivity contribution in [1.29, 1.82) is 0 Å². The number of carbonyl (C=O) groups excluding carboxylic acids is 1. The van der Waals surface area contributed by atoms with Gasteiger partial charge in [0.15, 0.2) is 0 Å². The number of hydrogen-bond donors (Lipinski definition) is 1. The number of carbonyl (C=O) groups is 1. The molecule has 1 aromatic heterocycles.